The molecule has 0 spiro atoms. The van der Waals surface area contributed by atoms with Gasteiger partial charge in [0.15, 0.2) is 5.75 Å². The fourth-order valence-corrected chi connectivity index (χ4v) is 4.66. The fraction of sp³-hybridized carbons (Fsp3) is 0. The van der Waals surface area contributed by atoms with Crippen LogP contribution < -0.4 is 9.46 Å². The first-order chi connectivity index (χ1) is 14.7. The van der Waals surface area contributed by atoms with Crippen LogP contribution in [0, 0.1) is 5.82 Å². The van der Waals surface area contributed by atoms with E-state index in [4.69, 9.17) is 27.9 Å². The lowest BCUT2D eigenvalue weighted by molar-refractivity contribution is 0.482. The fourth-order valence-electron chi connectivity index (χ4n) is 2.80. The van der Waals surface area contributed by atoms with Gasteiger partial charge in [0.2, 0.25) is 0 Å². The van der Waals surface area contributed by atoms with Crippen LogP contribution in [0.4, 0.5) is 10.1 Å². The van der Waals surface area contributed by atoms with Gasteiger partial charge in [-0.3, -0.25) is 9.71 Å². The van der Waals surface area contributed by atoms with E-state index in [0.29, 0.717) is 5.75 Å². The van der Waals surface area contributed by atoms with Gasteiger partial charge in [0.05, 0.1) is 36.8 Å². The molecule has 0 atom stereocenters. The largest absolute Gasteiger partial charge is 0.453 e. The van der Waals surface area contributed by atoms with Gasteiger partial charge in [-0.15, -0.1) is 0 Å². The van der Waals surface area contributed by atoms with Crippen molar-refractivity contribution in [3.05, 3.63) is 87.2 Å². The molecule has 3 aromatic carbocycles. The zero-order chi connectivity index (χ0) is 22.2. The number of halogens is 4. The first-order valence-electron chi connectivity index (χ1n) is 8.72. The highest BCUT2D eigenvalue weighted by molar-refractivity contribution is 9.10. The van der Waals surface area contributed by atoms with Crippen molar-refractivity contribution in [2.24, 2.45) is 0 Å². The maximum atomic E-state index is 13.7. The van der Waals surface area contributed by atoms with Gasteiger partial charge in [0.1, 0.15) is 11.6 Å². The number of para-hydroxylation sites is 1. The smallest absolute Gasteiger partial charge is 0.261 e. The summed E-state index contributed by atoms with van der Waals surface area (Å²) in [7, 11) is -4.06. The summed E-state index contributed by atoms with van der Waals surface area (Å²) in [6.07, 6.45) is 1.54. The van der Waals surface area contributed by atoms with Gasteiger partial charge in [-0.1, -0.05) is 41.4 Å². The Kier molecular flexibility index (Phi) is 6.07. The molecular formula is C21H12BrCl2FN2O3S. The highest BCUT2D eigenvalue weighted by atomic mass is 79.9. The highest BCUT2D eigenvalue weighted by Crippen LogP contribution is 2.39. The summed E-state index contributed by atoms with van der Waals surface area (Å²) >= 11 is 15.6. The van der Waals surface area contributed by atoms with Gasteiger partial charge in [-0.05, 0) is 58.4 Å². The Balaban J connectivity index is 1.61. The van der Waals surface area contributed by atoms with E-state index in [1.54, 1.807) is 6.07 Å². The Hall–Kier alpha value is -2.39. The number of rotatable bonds is 5. The first kappa shape index (κ1) is 21.8. The number of nitrogens with zero attached hydrogens (tertiary/aromatic N) is 1. The van der Waals surface area contributed by atoms with Crippen LogP contribution in [0.5, 0.6) is 11.5 Å². The molecule has 0 saturated heterocycles. The van der Waals surface area contributed by atoms with Crippen LogP contribution in [0.25, 0.3) is 10.9 Å². The molecule has 1 N–H and O–H groups in total. The van der Waals surface area contributed by atoms with Gasteiger partial charge in [-0.2, -0.15) is 0 Å². The van der Waals surface area contributed by atoms with Crippen LogP contribution in [0.15, 0.2) is 76.2 Å². The minimum Gasteiger partial charge on any atom is -0.453 e. The van der Waals surface area contributed by atoms with E-state index in [0.717, 1.165) is 17.0 Å². The molecule has 5 nitrogen and oxygen atoms in total. The number of aromatic nitrogens is 1. The Morgan fingerprint density at radius 3 is 2.42 bits per heavy atom. The number of hydrogen-bond acceptors (Lipinski definition) is 4. The van der Waals surface area contributed by atoms with Gasteiger partial charge in [0, 0.05) is 5.39 Å². The number of hydrogen-bond donors (Lipinski definition) is 1. The number of fused-ring (bicyclic) bond motifs is 1. The first-order valence-corrected chi connectivity index (χ1v) is 11.8. The average molecular weight is 542 g/mol. The lowest BCUT2D eigenvalue weighted by Gasteiger charge is -2.13. The second-order valence-corrected chi connectivity index (χ2v) is 9.77. The van der Waals surface area contributed by atoms with Crippen molar-refractivity contribution in [3.63, 3.8) is 0 Å². The van der Waals surface area contributed by atoms with E-state index in [2.05, 4.69) is 25.6 Å². The summed E-state index contributed by atoms with van der Waals surface area (Å²) in [4.78, 5) is 4.07. The molecule has 0 aliphatic heterocycles. The molecule has 4 rings (SSSR count). The Morgan fingerprint density at radius 1 is 1.00 bits per heavy atom. The molecule has 0 saturated carbocycles. The second-order valence-electron chi connectivity index (χ2n) is 6.42. The van der Waals surface area contributed by atoms with E-state index in [1.165, 1.54) is 30.5 Å². The lowest BCUT2D eigenvalue weighted by Crippen LogP contribution is -2.13. The maximum Gasteiger partial charge on any atom is 0.261 e. The number of benzene rings is 3. The minimum atomic E-state index is -4.06. The van der Waals surface area contributed by atoms with E-state index in [9.17, 15) is 12.8 Å². The molecule has 158 valence electrons. The van der Waals surface area contributed by atoms with Crippen molar-refractivity contribution in [1.82, 2.24) is 4.98 Å². The third kappa shape index (κ3) is 4.77. The van der Waals surface area contributed by atoms with Crippen LogP contribution in [-0.2, 0) is 10.0 Å². The summed E-state index contributed by atoms with van der Waals surface area (Å²) in [5, 5.41) is 1.04. The molecule has 0 radical (unpaired) electrons. The minimum absolute atomic E-state index is 0.0837. The van der Waals surface area contributed by atoms with Gasteiger partial charge < -0.3 is 4.74 Å². The quantitative estimate of drug-likeness (QED) is 0.294. The summed E-state index contributed by atoms with van der Waals surface area (Å²) in [5.41, 5.74) is 0.906. The molecule has 4 aromatic rings. The third-order valence-electron chi connectivity index (χ3n) is 4.24. The molecule has 0 aliphatic rings. The third-order valence-corrected chi connectivity index (χ3v) is 6.82. The predicted octanol–water partition coefficient (Wildman–Crippen LogP) is 7.04. The molecule has 1 aromatic heterocycles. The molecule has 0 bridgehead atoms. The zero-order valence-electron chi connectivity index (χ0n) is 15.4. The van der Waals surface area contributed by atoms with Crippen LogP contribution >= 0.6 is 39.1 Å². The van der Waals surface area contributed by atoms with Gasteiger partial charge in [0.25, 0.3) is 10.0 Å². The zero-order valence-corrected chi connectivity index (χ0v) is 19.4. The molecular weight excluding hydrogens is 530 g/mol. The number of anilines is 1. The average Bonchev–Trinajstić information content (AvgIpc) is 2.72. The number of nitrogens with one attached hydrogen (secondary N) is 1. The van der Waals surface area contributed by atoms with E-state index >= 15 is 0 Å². The van der Waals surface area contributed by atoms with Crippen molar-refractivity contribution >= 4 is 65.7 Å². The van der Waals surface area contributed by atoms with Crippen LogP contribution in [0.1, 0.15) is 0 Å². The topological polar surface area (TPSA) is 68.3 Å². The predicted molar refractivity (Wildman–Crippen MR) is 123 cm³/mol. The molecule has 0 aliphatic carbocycles. The van der Waals surface area contributed by atoms with Gasteiger partial charge >= 0.3 is 0 Å². The molecule has 0 unspecified atom stereocenters. The molecule has 0 fully saturated rings. The summed E-state index contributed by atoms with van der Waals surface area (Å²) < 4.78 is 47.1. The Bertz CT molecular complexity index is 1390. The SMILES string of the molecule is O=S(=O)(Nc1cc(Cl)c(Oc2cnc3ccccc3c2)c(Cl)c1)c1ccc(Br)c(F)c1. The number of ether oxygens (including phenoxy) is 1. The van der Waals surface area contributed by atoms with Gasteiger partial charge in [-0.25, -0.2) is 12.8 Å². The molecule has 10 heteroatoms. The second kappa shape index (κ2) is 8.63. The van der Waals surface area contributed by atoms with E-state index < -0.39 is 15.8 Å². The van der Waals surface area contributed by atoms with Crippen LogP contribution in [-0.4, -0.2) is 13.4 Å². The Morgan fingerprint density at radius 2 is 1.71 bits per heavy atom. The highest BCUT2D eigenvalue weighted by Gasteiger charge is 2.19. The summed E-state index contributed by atoms with van der Waals surface area (Å²) in [6, 6.07) is 15.5. The number of pyridine rings is 1. The molecule has 0 amide bonds. The van der Waals surface area contributed by atoms with Crippen molar-refractivity contribution < 1.29 is 17.5 Å². The lowest BCUT2D eigenvalue weighted by atomic mass is 10.2. The Labute approximate surface area is 196 Å². The normalized spacial score (nSPS) is 11.5. The van der Waals surface area contributed by atoms with Crippen molar-refractivity contribution in [3.8, 4) is 11.5 Å². The van der Waals surface area contributed by atoms with Crippen molar-refractivity contribution in [2.45, 2.75) is 4.90 Å². The van der Waals surface area contributed by atoms with Crippen molar-refractivity contribution in [2.75, 3.05) is 4.72 Å². The standard InChI is InChI=1S/C21H12BrCl2FN2O3S/c22-16-6-5-15(10-19(16)25)31(28,29)27-13-8-17(23)21(18(24)9-13)30-14-7-12-3-1-2-4-20(12)26-11-14/h1-11,27H. The van der Waals surface area contributed by atoms with E-state index in [1.807, 2.05) is 24.3 Å². The van der Waals surface area contributed by atoms with Crippen LogP contribution in [0.2, 0.25) is 10.0 Å². The maximum absolute atomic E-state index is 13.7. The van der Waals surface area contributed by atoms with E-state index in [-0.39, 0.29) is 30.9 Å². The molecule has 31 heavy (non-hydrogen) atoms. The van der Waals surface area contributed by atoms with Crippen LogP contribution in [0.3, 0.4) is 0 Å². The molecule has 1 heterocycles. The summed E-state index contributed by atoms with van der Waals surface area (Å²) in [5.74, 6) is -0.133. The van der Waals surface area contributed by atoms with Crippen molar-refractivity contribution in [1.29, 1.82) is 0 Å². The number of sulfonamides is 1. The monoisotopic (exact) mass is 540 g/mol. The summed E-state index contributed by atoms with van der Waals surface area (Å²) in [6.45, 7) is 0.